The Morgan fingerprint density at radius 1 is 1.10 bits per heavy atom. The molecule has 1 saturated heterocycles. The molecule has 0 spiro atoms. The number of morpholine rings is 1. The Bertz CT molecular complexity index is 1020. The van der Waals surface area contributed by atoms with Gasteiger partial charge in [0.15, 0.2) is 0 Å². The number of ether oxygens (including phenoxy) is 1. The highest BCUT2D eigenvalue weighted by molar-refractivity contribution is 7.91. The van der Waals surface area contributed by atoms with Crippen LogP contribution in [0, 0.1) is 0 Å². The Labute approximate surface area is 168 Å². The molecule has 1 aromatic carbocycles. The maximum Gasteiger partial charge on any atom is 0.416 e. The molecule has 0 bridgehead atoms. The summed E-state index contributed by atoms with van der Waals surface area (Å²) in [5.74, 6) is -1.32. The molecule has 0 saturated carbocycles. The number of hydrogen-bond donors (Lipinski definition) is 1. The Kier molecular flexibility index (Phi) is 6.13. The van der Waals surface area contributed by atoms with E-state index in [0.717, 1.165) is 35.6 Å². The first-order valence-electron chi connectivity index (χ1n) is 8.39. The van der Waals surface area contributed by atoms with Gasteiger partial charge in [-0.2, -0.15) is 17.5 Å². The summed E-state index contributed by atoms with van der Waals surface area (Å²) in [7, 11) is -3.77. The fourth-order valence-electron chi connectivity index (χ4n) is 2.69. The Hall–Kier alpha value is -2.21. The third-order valence-corrected chi connectivity index (χ3v) is 7.68. The zero-order valence-electron chi connectivity index (χ0n) is 14.8. The van der Waals surface area contributed by atoms with Crippen LogP contribution >= 0.6 is 11.3 Å². The molecular formula is C18H16F3NO5S2. The largest absolute Gasteiger partial charge is 0.478 e. The number of benzene rings is 1. The molecule has 0 aliphatic carbocycles. The maximum atomic E-state index is 12.7. The number of sulfonamides is 1. The monoisotopic (exact) mass is 447 g/mol. The Morgan fingerprint density at radius 2 is 1.72 bits per heavy atom. The number of aliphatic carboxylic acids is 1. The van der Waals surface area contributed by atoms with Crippen molar-refractivity contribution >= 4 is 39.0 Å². The number of carboxylic acids is 1. The molecule has 0 radical (unpaired) electrons. The third-order valence-electron chi connectivity index (χ3n) is 4.19. The van der Waals surface area contributed by atoms with Gasteiger partial charge < -0.3 is 9.84 Å². The number of carbonyl (C=O) groups is 1. The van der Waals surface area contributed by atoms with E-state index in [1.807, 2.05) is 0 Å². The predicted octanol–water partition coefficient (Wildman–Crippen LogP) is 3.41. The fourth-order valence-corrected chi connectivity index (χ4v) is 5.57. The van der Waals surface area contributed by atoms with E-state index in [1.54, 1.807) is 0 Å². The quantitative estimate of drug-likeness (QED) is 0.711. The predicted molar refractivity (Wildman–Crippen MR) is 101 cm³/mol. The third kappa shape index (κ3) is 4.86. The van der Waals surface area contributed by atoms with Gasteiger partial charge in [0.25, 0.3) is 10.0 Å². The molecule has 11 heteroatoms. The molecule has 1 fully saturated rings. The van der Waals surface area contributed by atoms with Gasteiger partial charge in [0, 0.05) is 18.0 Å². The summed E-state index contributed by atoms with van der Waals surface area (Å²) in [6.07, 6.45) is -3.28. The molecule has 29 heavy (non-hydrogen) atoms. The van der Waals surface area contributed by atoms with E-state index in [-0.39, 0.29) is 46.5 Å². The number of rotatable bonds is 5. The molecule has 6 nitrogen and oxygen atoms in total. The lowest BCUT2D eigenvalue weighted by molar-refractivity contribution is -0.137. The van der Waals surface area contributed by atoms with Crippen molar-refractivity contribution < 1.29 is 36.2 Å². The molecule has 3 rings (SSSR count). The Balaban J connectivity index is 1.91. The van der Waals surface area contributed by atoms with E-state index >= 15 is 0 Å². The van der Waals surface area contributed by atoms with Crippen LogP contribution < -0.4 is 0 Å². The molecular weight excluding hydrogens is 431 g/mol. The molecule has 1 aliphatic rings. The molecule has 2 heterocycles. The lowest BCUT2D eigenvalue weighted by Gasteiger charge is -2.25. The smallest absolute Gasteiger partial charge is 0.416 e. The average Bonchev–Trinajstić information content (AvgIpc) is 3.17. The van der Waals surface area contributed by atoms with Crippen LogP contribution in [0.3, 0.4) is 0 Å². The van der Waals surface area contributed by atoms with Gasteiger partial charge >= 0.3 is 12.1 Å². The van der Waals surface area contributed by atoms with Gasteiger partial charge in [0.2, 0.25) is 0 Å². The van der Waals surface area contributed by atoms with Gasteiger partial charge in [-0.05, 0) is 35.9 Å². The summed E-state index contributed by atoms with van der Waals surface area (Å²) in [6, 6.07) is 6.73. The van der Waals surface area contributed by atoms with Gasteiger partial charge in [-0.1, -0.05) is 12.1 Å². The second kappa shape index (κ2) is 8.27. The highest BCUT2D eigenvalue weighted by atomic mass is 32.2. The van der Waals surface area contributed by atoms with Gasteiger partial charge in [0.05, 0.1) is 24.4 Å². The zero-order chi connectivity index (χ0) is 21.2. The van der Waals surface area contributed by atoms with Gasteiger partial charge in [0.1, 0.15) is 4.21 Å². The van der Waals surface area contributed by atoms with E-state index in [1.165, 1.54) is 22.5 Å². The lowest BCUT2D eigenvalue weighted by atomic mass is 10.1. The number of halogens is 3. The highest BCUT2D eigenvalue weighted by Crippen LogP contribution is 2.32. The first-order chi connectivity index (χ1) is 13.6. The molecule has 0 amide bonds. The molecule has 0 atom stereocenters. The normalized spacial score (nSPS) is 16.7. The second-order valence-electron chi connectivity index (χ2n) is 6.12. The first kappa shape index (κ1) is 21.5. The molecule has 1 aliphatic heterocycles. The van der Waals surface area contributed by atoms with Crippen molar-refractivity contribution in [2.75, 3.05) is 26.3 Å². The number of nitrogens with zero attached hydrogens (tertiary/aromatic N) is 1. The van der Waals surface area contributed by atoms with Crippen molar-refractivity contribution in [1.29, 1.82) is 0 Å². The van der Waals surface area contributed by atoms with Crippen molar-refractivity contribution in [2.24, 2.45) is 0 Å². The van der Waals surface area contributed by atoms with E-state index in [9.17, 15) is 31.5 Å². The van der Waals surface area contributed by atoms with Crippen LogP contribution in [0.2, 0.25) is 0 Å². The van der Waals surface area contributed by atoms with Crippen LogP contribution in [0.25, 0.3) is 11.6 Å². The van der Waals surface area contributed by atoms with Crippen molar-refractivity contribution in [1.82, 2.24) is 4.31 Å². The van der Waals surface area contributed by atoms with E-state index < -0.39 is 27.7 Å². The van der Waals surface area contributed by atoms with Crippen LogP contribution in [-0.4, -0.2) is 50.1 Å². The molecule has 156 valence electrons. The van der Waals surface area contributed by atoms with Crippen LogP contribution in [-0.2, 0) is 25.7 Å². The number of hydrogen-bond acceptors (Lipinski definition) is 5. The summed E-state index contributed by atoms with van der Waals surface area (Å²) in [6.45, 7) is 0.989. The molecule has 1 aromatic heterocycles. The summed E-state index contributed by atoms with van der Waals surface area (Å²) >= 11 is 0.797. The van der Waals surface area contributed by atoms with Crippen molar-refractivity contribution in [3.8, 4) is 0 Å². The van der Waals surface area contributed by atoms with E-state index in [2.05, 4.69) is 0 Å². The molecule has 0 unspecified atom stereocenters. The second-order valence-corrected chi connectivity index (χ2v) is 9.37. The van der Waals surface area contributed by atoms with Crippen LogP contribution in [0.5, 0.6) is 0 Å². The topological polar surface area (TPSA) is 83.9 Å². The summed E-state index contributed by atoms with van der Waals surface area (Å²) in [5, 5.41) is 9.51. The molecule has 1 N–H and O–H groups in total. The summed E-state index contributed by atoms with van der Waals surface area (Å²) in [5.41, 5.74) is -0.805. The van der Waals surface area contributed by atoms with Gasteiger partial charge in [-0.15, -0.1) is 11.3 Å². The fraction of sp³-hybridized carbons (Fsp3) is 0.278. The summed E-state index contributed by atoms with van der Waals surface area (Å²) < 4.78 is 69.8. The van der Waals surface area contributed by atoms with Crippen molar-refractivity contribution in [3.05, 3.63) is 52.4 Å². The number of alkyl halides is 3. The minimum absolute atomic E-state index is 0.00558. The SMILES string of the molecule is O=C(O)C(=Cc1ccc(C(F)(F)F)cc1)c1ccc(S(=O)(=O)N2CCOCC2)s1. The maximum absolute atomic E-state index is 12.7. The van der Waals surface area contributed by atoms with E-state index in [0.29, 0.717) is 0 Å². The number of carboxylic acid groups (broad SMARTS) is 1. The summed E-state index contributed by atoms with van der Waals surface area (Å²) in [4.78, 5) is 11.9. The van der Waals surface area contributed by atoms with Crippen molar-refractivity contribution in [2.45, 2.75) is 10.4 Å². The standard InChI is InChI=1S/C18H16F3NO5S2/c19-18(20,21)13-3-1-12(2-4-13)11-14(17(23)24)15-5-6-16(28-15)29(25,26)22-7-9-27-10-8-22/h1-6,11H,7-10H2,(H,23,24). The first-order valence-corrected chi connectivity index (χ1v) is 10.6. The average molecular weight is 447 g/mol. The zero-order valence-corrected chi connectivity index (χ0v) is 16.5. The van der Waals surface area contributed by atoms with Crippen molar-refractivity contribution in [3.63, 3.8) is 0 Å². The van der Waals surface area contributed by atoms with Crippen LogP contribution in [0.4, 0.5) is 13.2 Å². The minimum atomic E-state index is -4.49. The van der Waals surface area contributed by atoms with Gasteiger partial charge in [-0.25, -0.2) is 13.2 Å². The Morgan fingerprint density at radius 3 is 2.28 bits per heavy atom. The molecule has 2 aromatic rings. The highest BCUT2D eigenvalue weighted by Gasteiger charge is 2.30. The number of thiophene rings is 1. The van der Waals surface area contributed by atoms with Crippen LogP contribution in [0.15, 0.2) is 40.6 Å². The lowest BCUT2D eigenvalue weighted by Crippen LogP contribution is -2.40. The van der Waals surface area contributed by atoms with Gasteiger partial charge in [-0.3, -0.25) is 0 Å². The van der Waals surface area contributed by atoms with Crippen LogP contribution in [0.1, 0.15) is 16.0 Å². The van der Waals surface area contributed by atoms with E-state index in [4.69, 9.17) is 4.74 Å². The minimum Gasteiger partial charge on any atom is -0.478 e.